The maximum absolute atomic E-state index is 12.4. The minimum atomic E-state index is -0.772. The van der Waals surface area contributed by atoms with E-state index in [-0.39, 0.29) is 6.10 Å². The maximum atomic E-state index is 12.4. The Kier molecular flexibility index (Phi) is 3.67. The molecule has 0 unspecified atom stereocenters. The van der Waals surface area contributed by atoms with Crippen LogP contribution in [-0.4, -0.2) is 23.2 Å². The van der Waals surface area contributed by atoms with Crippen LogP contribution in [0.25, 0.3) is 17.4 Å². The van der Waals surface area contributed by atoms with E-state index in [9.17, 15) is 9.59 Å². The van der Waals surface area contributed by atoms with E-state index in [2.05, 4.69) is 4.98 Å². The summed E-state index contributed by atoms with van der Waals surface area (Å²) < 4.78 is 16.9. The smallest absolute Gasteiger partial charge is 0.347 e. The monoisotopic (exact) mass is 339 g/mol. The molecule has 0 radical (unpaired) electrons. The molecule has 2 aromatic heterocycles. The van der Waals surface area contributed by atoms with E-state index in [1.165, 1.54) is 0 Å². The van der Waals surface area contributed by atoms with Crippen LogP contribution < -0.4 is 10.4 Å². The summed E-state index contributed by atoms with van der Waals surface area (Å²) in [4.78, 5) is 27.3. The Morgan fingerprint density at radius 3 is 3.08 bits per heavy atom. The van der Waals surface area contributed by atoms with Crippen molar-refractivity contribution in [3.63, 3.8) is 0 Å². The summed E-state index contributed by atoms with van der Waals surface area (Å²) >= 11 is 0. The lowest BCUT2D eigenvalue weighted by atomic mass is 9.77. The summed E-state index contributed by atoms with van der Waals surface area (Å²) in [5.41, 5.74) is 0.803. The molecule has 0 N–H and O–H groups in total. The molecule has 0 aromatic carbocycles. The van der Waals surface area contributed by atoms with Gasteiger partial charge in [-0.1, -0.05) is 0 Å². The molecule has 6 heteroatoms. The zero-order valence-electron chi connectivity index (χ0n) is 13.7. The van der Waals surface area contributed by atoms with Gasteiger partial charge in [0, 0.05) is 24.0 Å². The molecule has 2 aliphatic rings. The number of rotatable bonds is 3. The van der Waals surface area contributed by atoms with Crippen molar-refractivity contribution in [3.05, 3.63) is 52.1 Å². The van der Waals surface area contributed by atoms with Crippen LogP contribution in [0.5, 0.6) is 5.75 Å². The average Bonchev–Trinajstić information content (AvgIpc) is 2.62. The molecule has 3 heterocycles. The van der Waals surface area contributed by atoms with Crippen LogP contribution in [0.1, 0.15) is 31.7 Å². The molecule has 1 fully saturated rings. The van der Waals surface area contributed by atoms with E-state index >= 15 is 0 Å². The summed E-state index contributed by atoms with van der Waals surface area (Å²) in [5, 5.41) is 0. The van der Waals surface area contributed by atoms with E-state index in [1.807, 2.05) is 19.1 Å². The second-order valence-electron chi connectivity index (χ2n) is 6.41. The second-order valence-corrected chi connectivity index (χ2v) is 6.41. The third kappa shape index (κ3) is 2.54. The first-order valence-corrected chi connectivity index (χ1v) is 8.19. The fourth-order valence-electron chi connectivity index (χ4n) is 3.57. The Bertz CT molecular complexity index is 902. The van der Waals surface area contributed by atoms with E-state index in [0.29, 0.717) is 29.1 Å². The van der Waals surface area contributed by atoms with Crippen molar-refractivity contribution in [2.24, 2.45) is 0 Å². The number of aromatic nitrogens is 1. The number of carbonyl (C=O) groups excluding carboxylic acids is 1. The van der Waals surface area contributed by atoms with Crippen molar-refractivity contribution in [3.8, 4) is 17.1 Å². The van der Waals surface area contributed by atoms with E-state index in [4.69, 9.17) is 13.9 Å². The van der Waals surface area contributed by atoms with Gasteiger partial charge < -0.3 is 13.9 Å². The summed E-state index contributed by atoms with van der Waals surface area (Å²) in [6.45, 7) is 2.35. The molecule has 25 heavy (non-hydrogen) atoms. The van der Waals surface area contributed by atoms with Crippen molar-refractivity contribution in [2.45, 2.75) is 37.9 Å². The highest BCUT2D eigenvalue weighted by Crippen LogP contribution is 2.44. The standard InChI is InChI=1S/C19H17NO5/c1-19-13(5-2-6-17(19)23-11-21)8-14-16(25-19)9-15(24-18(14)22)12-4-3-7-20-10-12/h3-4,7-11,17H,2,5-6H2,1H3/t17-,19-/m0/s1. The molecule has 0 bridgehead atoms. The van der Waals surface area contributed by atoms with Crippen LogP contribution in [0.2, 0.25) is 0 Å². The Labute approximate surface area is 144 Å². The maximum Gasteiger partial charge on any atom is 0.347 e. The zero-order chi connectivity index (χ0) is 17.4. The Hall–Kier alpha value is -2.89. The molecular weight excluding hydrogens is 322 g/mol. The Morgan fingerprint density at radius 1 is 1.44 bits per heavy atom. The van der Waals surface area contributed by atoms with Gasteiger partial charge in [-0.05, 0) is 50.0 Å². The molecule has 2 atom stereocenters. The third-order valence-electron chi connectivity index (χ3n) is 4.92. The highest BCUT2D eigenvalue weighted by molar-refractivity contribution is 5.68. The largest absolute Gasteiger partial charge is 0.478 e. The number of fused-ring (bicyclic) bond motifs is 2. The summed E-state index contributed by atoms with van der Waals surface area (Å²) in [6.07, 6.45) is 7.09. The molecule has 0 spiro atoms. The molecule has 128 valence electrons. The third-order valence-corrected chi connectivity index (χ3v) is 4.92. The summed E-state index contributed by atoms with van der Waals surface area (Å²) in [7, 11) is 0. The number of hydrogen-bond acceptors (Lipinski definition) is 6. The lowest BCUT2D eigenvalue weighted by Crippen LogP contribution is -2.51. The normalized spacial score (nSPS) is 24.4. The molecule has 0 amide bonds. The van der Waals surface area contributed by atoms with Gasteiger partial charge in [0.15, 0.2) is 5.60 Å². The van der Waals surface area contributed by atoms with Gasteiger partial charge >= 0.3 is 5.63 Å². The average molecular weight is 339 g/mol. The molecule has 1 saturated carbocycles. The molecule has 1 aliphatic heterocycles. The highest BCUT2D eigenvalue weighted by atomic mass is 16.6. The first-order chi connectivity index (χ1) is 12.1. The summed E-state index contributed by atoms with van der Waals surface area (Å²) in [6, 6.07) is 5.27. The minimum Gasteiger partial charge on any atom is -0.478 e. The predicted molar refractivity (Wildman–Crippen MR) is 90.0 cm³/mol. The molecule has 0 saturated heterocycles. The number of pyridine rings is 1. The van der Waals surface area contributed by atoms with E-state index in [1.54, 1.807) is 24.5 Å². The Balaban J connectivity index is 1.82. The fraction of sp³-hybridized carbons (Fsp3) is 0.316. The van der Waals surface area contributed by atoms with Gasteiger partial charge in [0.05, 0.1) is 0 Å². The molecule has 6 nitrogen and oxygen atoms in total. The molecular formula is C19H17NO5. The van der Waals surface area contributed by atoms with Gasteiger partial charge in [-0.15, -0.1) is 0 Å². The van der Waals surface area contributed by atoms with Gasteiger partial charge in [0.25, 0.3) is 6.47 Å². The zero-order valence-corrected chi connectivity index (χ0v) is 13.7. The van der Waals surface area contributed by atoms with Crippen molar-refractivity contribution < 1.29 is 18.7 Å². The highest BCUT2D eigenvalue weighted by Gasteiger charge is 2.47. The number of nitrogens with zero attached hydrogens (tertiary/aromatic N) is 1. The number of carbonyl (C=O) groups is 1. The van der Waals surface area contributed by atoms with E-state index < -0.39 is 11.2 Å². The van der Waals surface area contributed by atoms with Gasteiger partial charge in [-0.3, -0.25) is 9.78 Å². The summed E-state index contributed by atoms with van der Waals surface area (Å²) in [5.74, 6) is 0.823. The first kappa shape index (κ1) is 15.6. The number of hydrogen-bond donors (Lipinski definition) is 0. The predicted octanol–water partition coefficient (Wildman–Crippen LogP) is 2.96. The van der Waals surface area contributed by atoms with Crippen LogP contribution >= 0.6 is 0 Å². The van der Waals surface area contributed by atoms with Gasteiger partial charge in [-0.25, -0.2) is 4.79 Å². The molecule has 4 rings (SSSR count). The lowest BCUT2D eigenvalue weighted by molar-refractivity contribution is -0.145. The fourth-order valence-corrected chi connectivity index (χ4v) is 3.57. The van der Waals surface area contributed by atoms with Crippen molar-refractivity contribution in [1.82, 2.24) is 4.98 Å². The van der Waals surface area contributed by atoms with E-state index in [0.717, 1.165) is 24.8 Å². The second kappa shape index (κ2) is 5.88. The minimum absolute atomic E-state index is 0.382. The van der Waals surface area contributed by atoms with Gasteiger partial charge in [0.1, 0.15) is 23.2 Å². The quantitative estimate of drug-likeness (QED) is 0.800. The van der Waals surface area contributed by atoms with Crippen molar-refractivity contribution >= 4 is 12.5 Å². The van der Waals surface area contributed by atoms with Gasteiger partial charge in [0.2, 0.25) is 0 Å². The van der Waals surface area contributed by atoms with Crippen LogP contribution in [0.4, 0.5) is 0 Å². The van der Waals surface area contributed by atoms with Crippen LogP contribution in [0, 0.1) is 0 Å². The van der Waals surface area contributed by atoms with Crippen molar-refractivity contribution in [2.75, 3.05) is 0 Å². The molecule has 1 aliphatic carbocycles. The van der Waals surface area contributed by atoms with Crippen LogP contribution in [0.15, 0.2) is 45.4 Å². The lowest BCUT2D eigenvalue weighted by Gasteiger charge is -2.44. The van der Waals surface area contributed by atoms with Crippen molar-refractivity contribution in [1.29, 1.82) is 0 Å². The SMILES string of the molecule is C[C@]12Oc3cc(-c4cccnc4)oc(=O)c3C=C1CCC[C@@H]2OC=O. The first-order valence-electron chi connectivity index (χ1n) is 8.19. The van der Waals surface area contributed by atoms with Crippen LogP contribution in [0.3, 0.4) is 0 Å². The topological polar surface area (TPSA) is 78.6 Å². The van der Waals surface area contributed by atoms with Crippen LogP contribution in [-0.2, 0) is 9.53 Å². The number of ether oxygens (including phenoxy) is 2. The van der Waals surface area contributed by atoms with Gasteiger partial charge in [-0.2, -0.15) is 0 Å². The molecule has 2 aromatic rings. The Morgan fingerprint density at radius 2 is 2.32 bits per heavy atom.